The molecule has 2 aromatic carbocycles. The summed E-state index contributed by atoms with van der Waals surface area (Å²) >= 11 is 0. The molecule has 2 rings (SSSR count). The molecule has 0 atom stereocenters. The zero-order valence-corrected chi connectivity index (χ0v) is 14.0. The standard InChI is InChI=1S/C19H21FN2O3/c1-14-4-2-5-17(12-14)25-11-3-6-18(23)21-22-19(24)13-15-7-9-16(20)10-8-15/h2,4-5,7-10,12H,3,6,11,13H2,1H3,(H,21,23)(H,22,24). The van der Waals surface area contributed by atoms with Gasteiger partial charge >= 0.3 is 0 Å². The number of rotatable bonds is 7. The van der Waals surface area contributed by atoms with Gasteiger partial charge in [-0.1, -0.05) is 24.3 Å². The summed E-state index contributed by atoms with van der Waals surface area (Å²) in [4.78, 5) is 23.4. The zero-order valence-electron chi connectivity index (χ0n) is 14.0. The third kappa shape index (κ3) is 7.03. The number of carbonyl (C=O) groups is 2. The minimum Gasteiger partial charge on any atom is -0.494 e. The van der Waals surface area contributed by atoms with Crippen LogP contribution in [0.3, 0.4) is 0 Å². The zero-order chi connectivity index (χ0) is 18.1. The second kappa shape index (κ2) is 9.42. The summed E-state index contributed by atoms with van der Waals surface area (Å²) in [5, 5.41) is 0. The van der Waals surface area contributed by atoms with Crippen LogP contribution < -0.4 is 15.6 Å². The van der Waals surface area contributed by atoms with Crippen molar-refractivity contribution in [1.82, 2.24) is 10.9 Å². The Bertz CT molecular complexity index is 717. The van der Waals surface area contributed by atoms with Gasteiger partial charge in [-0.3, -0.25) is 20.4 Å². The van der Waals surface area contributed by atoms with Crippen LogP contribution in [0.15, 0.2) is 48.5 Å². The van der Waals surface area contributed by atoms with Crippen LogP contribution in [0.2, 0.25) is 0 Å². The number of aryl methyl sites for hydroxylation is 1. The molecule has 132 valence electrons. The van der Waals surface area contributed by atoms with Gasteiger partial charge in [-0.15, -0.1) is 0 Å². The first-order chi connectivity index (χ1) is 12.0. The van der Waals surface area contributed by atoms with Crippen molar-refractivity contribution < 1.29 is 18.7 Å². The number of benzene rings is 2. The maximum atomic E-state index is 12.8. The van der Waals surface area contributed by atoms with Crippen LogP contribution in [-0.4, -0.2) is 18.4 Å². The molecule has 6 heteroatoms. The highest BCUT2D eigenvalue weighted by Gasteiger charge is 2.06. The predicted molar refractivity (Wildman–Crippen MR) is 92.3 cm³/mol. The van der Waals surface area contributed by atoms with E-state index < -0.39 is 0 Å². The second-order valence-electron chi connectivity index (χ2n) is 5.67. The van der Waals surface area contributed by atoms with E-state index in [0.29, 0.717) is 18.6 Å². The molecule has 0 heterocycles. The second-order valence-corrected chi connectivity index (χ2v) is 5.67. The van der Waals surface area contributed by atoms with E-state index in [0.717, 1.165) is 11.3 Å². The summed E-state index contributed by atoms with van der Waals surface area (Å²) in [5.41, 5.74) is 6.47. The van der Waals surface area contributed by atoms with E-state index in [4.69, 9.17) is 4.74 Å². The van der Waals surface area contributed by atoms with Crippen LogP contribution in [-0.2, 0) is 16.0 Å². The average molecular weight is 344 g/mol. The number of hydrazine groups is 1. The van der Waals surface area contributed by atoms with Gasteiger partial charge in [0.2, 0.25) is 11.8 Å². The Balaban J connectivity index is 1.60. The molecule has 2 aromatic rings. The summed E-state index contributed by atoms with van der Waals surface area (Å²) in [7, 11) is 0. The predicted octanol–water partition coefficient (Wildman–Crippen LogP) is 2.68. The molecule has 0 saturated carbocycles. The van der Waals surface area contributed by atoms with Gasteiger partial charge in [0.05, 0.1) is 13.0 Å². The van der Waals surface area contributed by atoms with Crippen LogP contribution in [0.25, 0.3) is 0 Å². The molecule has 0 aliphatic carbocycles. The fraction of sp³-hybridized carbons (Fsp3) is 0.263. The molecule has 0 unspecified atom stereocenters. The van der Waals surface area contributed by atoms with Crippen LogP contribution in [0.4, 0.5) is 4.39 Å². The summed E-state index contributed by atoms with van der Waals surface area (Å²) in [6, 6.07) is 13.3. The summed E-state index contributed by atoms with van der Waals surface area (Å²) < 4.78 is 18.3. The Morgan fingerprint density at radius 1 is 1.04 bits per heavy atom. The fourth-order valence-corrected chi connectivity index (χ4v) is 2.16. The van der Waals surface area contributed by atoms with Crippen molar-refractivity contribution in [3.8, 4) is 5.75 Å². The molecular formula is C19H21FN2O3. The van der Waals surface area contributed by atoms with Gasteiger partial charge in [0.15, 0.2) is 0 Å². The SMILES string of the molecule is Cc1cccc(OCCCC(=O)NNC(=O)Cc2ccc(F)cc2)c1. The van der Waals surface area contributed by atoms with E-state index in [1.807, 2.05) is 31.2 Å². The Kier molecular flexibility index (Phi) is 6.95. The van der Waals surface area contributed by atoms with E-state index in [2.05, 4.69) is 10.9 Å². The fourth-order valence-electron chi connectivity index (χ4n) is 2.16. The van der Waals surface area contributed by atoms with Crippen molar-refractivity contribution in [2.45, 2.75) is 26.2 Å². The van der Waals surface area contributed by atoms with Crippen molar-refractivity contribution >= 4 is 11.8 Å². The molecule has 0 spiro atoms. The first-order valence-corrected chi connectivity index (χ1v) is 8.04. The number of carbonyl (C=O) groups excluding carboxylic acids is 2. The lowest BCUT2D eigenvalue weighted by Gasteiger charge is -2.09. The third-order valence-corrected chi connectivity index (χ3v) is 3.43. The first kappa shape index (κ1) is 18.4. The molecule has 0 aliphatic heterocycles. The highest BCUT2D eigenvalue weighted by Crippen LogP contribution is 2.12. The number of hydrogen-bond acceptors (Lipinski definition) is 3. The normalized spacial score (nSPS) is 10.2. The van der Waals surface area contributed by atoms with E-state index in [1.165, 1.54) is 24.3 Å². The molecule has 0 saturated heterocycles. The van der Waals surface area contributed by atoms with Crippen molar-refractivity contribution in [2.24, 2.45) is 0 Å². The quantitative estimate of drug-likeness (QED) is 0.599. The maximum Gasteiger partial charge on any atom is 0.242 e. The summed E-state index contributed by atoms with van der Waals surface area (Å²) in [6.45, 7) is 2.40. The Morgan fingerprint density at radius 3 is 2.48 bits per heavy atom. The number of ether oxygens (including phenoxy) is 1. The van der Waals surface area contributed by atoms with Gasteiger partial charge < -0.3 is 4.74 Å². The first-order valence-electron chi connectivity index (χ1n) is 8.04. The van der Waals surface area contributed by atoms with E-state index in [-0.39, 0.29) is 30.5 Å². The van der Waals surface area contributed by atoms with Gasteiger partial charge in [0.25, 0.3) is 0 Å². The highest BCUT2D eigenvalue weighted by atomic mass is 19.1. The molecular weight excluding hydrogens is 323 g/mol. The Hall–Kier alpha value is -2.89. The monoisotopic (exact) mass is 344 g/mol. The molecule has 0 bridgehead atoms. The summed E-state index contributed by atoms with van der Waals surface area (Å²) in [6.07, 6.45) is 0.841. The molecule has 0 radical (unpaired) electrons. The largest absolute Gasteiger partial charge is 0.494 e. The van der Waals surface area contributed by atoms with Gasteiger partial charge in [0.1, 0.15) is 11.6 Å². The van der Waals surface area contributed by atoms with Crippen molar-refractivity contribution in [3.05, 3.63) is 65.5 Å². The van der Waals surface area contributed by atoms with E-state index >= 15 is 0 Å². The molecule has 5 nitrogen and oxygen atoms in total. The number of amides is 2. The lowest BCUT2D eigenvalue weighted by Crippen LogP contribution is -2.42. The highest BCUT2D eigenvalue weighted by molar-refractivity contribution is 5.83. The topological polar surface area (TPSA) is 67.4 Å². The van der Waals surface area contributed by atoms with E-state index in [9.17, 15) is 14.0 Å². The van der Waals surface area contributed by atoms with E-state index in [1.54, 1.807) is 0 Å². The minimum atomic E-state index is -0.365. The van der Waals surface area contributed by atoms with Crippen molar-refractivity contribution in [3.63, 3.8) is 0 Å². The molecule has 0 fully saturated rings. The van der Waals surface area contributed by atoms with Crippen molar-refractivity contribution in [1.29, 1.82) is 0 Å². The maximum absolute atomic E-state index is 12.8. The average Bonchev–Trinajstić information content (AvgIpc) is 2.59. The number of hydrogen-bond donors (Lipinski definition) is 2. The van der Waals surface area contributed by atoms with Crippen LogP contribution in [0.5, 0.6) is 5.75 Å². The van der Waals surface area contributed by atoms with Gasteiger partial charge in [-0.2, -0.15) is 0 Å². The number of nitrogens with one attached hydrogen (secondary N) is 2. The van der Waals surface area contributed by atoms with Gasteiger partial charge in [-0.25, -0.2) is 4.39 Å². The van der Waals surface area contributed by atoms with Crippen LogP contribution in [0, 0.1) is 12.7 Å². The summed E-state index contributed by atoms with van der Waals surface area (Å²) in [5.74, 6) is -0.241. The van der Waals surface area contributed by atoms with Gasteiger partial charge in [0, 0.05) is 6.42 Å². The lowest BCUT2D eigenvalue weighted by molar-refractivity contribution is -0.128. The third-order valence-electron chi connectivity index (χ3n) is 3.43. The minimum absolute atomic E-state index is 0.0665. The molecule has 25 heavy (non-hydrogen) atoms. The molecule has 2 amide bonds. The lowest BCUT2D eigenvalue weighted by atomic mass is 10.1. The van der Waals surface area contributed by atoms with Gasteiger partial charge in [-0.05, 0) is 48.7 Å². The molecule has 0 aromatic heterocycles. The molecule has 0 aliphatic rings. The molecule has 2 N–H and O–H groups in total. The smallest absolute Gasteiger partial charge is 0.242 e. The van der Waals surface area contributed by atoms with Crippen molar-refractivity contribution in [2.75, 3.05) is 6.61 Å². The number of halogens is 1. The van der Waals surface area contributed by atoms with Crippen LogP contribution in [0.1, 0.15) is 24.0 Å². The Labute approximate surface area is 146 Å². The Morgan fingerprint density at radius 2 is 1.76 bits per heavy atom. The van der Waals surface area contributed by atoms with Crippen LogP contribution >= 0.6 is 0 Å².